The Morgan fingerprint density at radius 2 is 1.46 bits per heavy atom. The fourth-order valence-electron chi connectivity index (χ4n) is 2.89. The number of nitrogens with zero attached hydrogens (tertiary/aromatic N) is 1. The fourth-order valence-corrected chi connectivity index (χ4v) is 2.89. The normalized spacial score (nSPS) is 13.7. The van der Waals surface area contributed by atoms with Crippen molar-refractivity contribution in [3.8, 4) is 0 Å². The number of ether oxygens (including phenoxy) is 1. The van der Waals surface area contributed by atoms with Crippen LogP contribution in [0.25, 0.3) is 0 Å². The quantitative estimate of drug-likeness (QED) is 0.570. The second kappa shape index (κ2) is 11.1. The first kappa shape index (κ1) is 20.6. The van der Waals surface area contributed by atoms with E-state index < -0.39 is 6.10 Å². The van der Waals surface area contributed by atoms with Gasteiger partial charge in [0.1, 0.15) is 6.10 Å². The number of rotatable bonds is 11. The average Bonchev–Trinajstić information content (AvgIpc) is 2.64. The van der Waals surface area contributed by atoms with Crippen LogP contribution in [-0.2, 0) is 4.74 Å². The van der Waals surface area contributed by atoms with Gasteiger partial charge in [-0.1, -0.05) is 60.2 Å². The molecule has 2 aromatic carbocycles. The van der Waals surface area contributed by atoms with Crippen molar-refractivity contribution in [1.29, 1.82) is 0 Å². The van der Waals surface area contributed by atoms with Crippen molar-refractivity contribution in [2.24, 2.45) is 0 Å². The number of aliphatic hydroxyl groups is 3. The summed E-state index contributed by atoms with van der Waals surface area (Å²) >= 11 is 0. The van der Waals surface area contributed by atoms with E-state index in [9.17, 15) is 5.11 Å². The lowest BCUT2D eigenvalue weighted by atomic mass is 10.0. The fraction of sp³-hybridized carbons (Fsp3) is 0.429. The Bertz CT molecular complexity index is 612. The maximum atomic E-state index is 10.3. The molecule has 26 heavy (non-hydrogen) atoms. The molecular formula is C21H29NO4. The lowest BCUT2D eigenvalue weighted by Gasteiger charge is -2.25. The number of aryl methyl sites for hydroxylation is 1. The maximum absolute atomic E-state index is 10.3. The van der Waals surface area contributed by atoms with E-state index in [2.05, 4.69) is 12.1 Å². The Morgan fingerprint density at radius 1 is 0.885 bits per heavy atom. The molecule has 0 bridgehead atoms. The molecule has 0 aliphatic rings. The predicted octanol–water partition coefficient (Wildman–Crippen LogP) is 1.75. The third-order valence-corrected chi connectivity index (χ3v) is 4.24. The van der Waals surface area contributed by atoms with Gasteiger partial charge in [0.05, 0.1) is 25.9 Å². The van der Waals surface area contributed by atoms with Gasteiger partial charge in [0.2, 0.25) is 0 Å². The Kier molecular flexibility index (Phi) is 8.74. The molecule has 2 rings (SSSR count). The molecule has 0 spiro atoms. The topological polar surface area (TPSA) is 73.2 Å². The van der Waals surface area contributed by atoms with Crippen molar-refractivity contribution in [3.63, 3.8) is 0 Å². The molecule has 0 heterocycles. The standard InChI is InChI=1S/C21H29NO4/c1-17-7-9-19(10-8-17)21(18-5-3-2-4-6-18)26-16-20(25)15-22(11-13-23)12-14-24/h2-10,20-21,23-25H,11-16H2,1H3/t20-,21+/m0/s1. The average molecular weight is 359 g/mol. The maximum Gasteiger partial charge on any atom is 0.108 e. The SMILES string of the molecule is Cc1ccc([C@H](OC[C@@H](O)CN(CCO)CCO)c2ccccc2)cc1. The molecule has 142 valence electrons. The molecule has 0 unspecified atom stereocenters. The molecule has 0 aliphatic carbocycles. The highest BCUT2D eigenvalue weighted by Crippen LogP contribution is 2.26. The van der Waals surface area contributed by atoms with E-state index >= 15 is 0 Å². The minimum absolute atomic E-state index is 0.0103. The molecule has 2 aromatic rings. The summed E-state index contributed by atoms with van der Waals surface area (Å²) in [6, 6.07) is 18.1. The van der Waals surface area contributed by atoms with Crippen LogP contribution in [0.15, 0.2) is 54.6 Å². The first-order chi connectivity index (χ1) is 12.6. The van der Waals surface area contributed by atoms with E-state index in [1.165, 1.54) is 5.56 Å². The summed E-state index contributed by atoms with van der Waals surface area (Å²) in [5, 5.41) is 28.5. The van der Waals surface area contributed by atoms with E-state index in [4.69, 9.17) is 14.9 Å². The van der Waals surface area contributed by atoms with Gasteiger partial charge in [0.25, 0.3) is 0 Å². The molecule has 2 atom stereocenters. The van der Waals surface area contributed by atoms with Crippen LogP contribution in [0.2, 0.25) is 0 Å². The molecule has 3 N–H and O–H groups in total. The van der Waals surface area contributed by atoms with Crippen molar-refractivity contribution in [1.82, 2.24) is 4.90 Å². The van der Waals surface area contributed by atoms with Crippen LogP contribution in [-0.4, -0.2) is 65.8 Å². The second-order valence-electron chi connectivity index (χ2n) is 6.44. The van der Waals surface area contributed by atoms with Gasteiger partial charge in [-0.25, -0.2) is 0 Å². The van der Waals surface area contributed by atoms with Crippen LogP contribution in [0, 0.1) is 6.92 Å². The minimum atomic E-state index is -0.704. The Morgan fingerprint density at radius 3 is 2.04 bits per heavy atom. The van der Waals surface area contributed by atoms with E-state index in [0.29, 0.717) is 19.6 Å². The second-order valence-corrected chi connectivity index (χ2v) is 6.44. The van der Waals surface area contributed by atoms with E-state index in [-0.39, 0.29) is 25.9 Å². The molecule has 5 nitrogen and oxygen atoms in total. The third-order valence-electron chi connectivity index (χ3n) is 4.24. The van der Waals surface area contributed by atoms with Gasteiger partial charge < -0.3 is 20.1 Å². The van der Waals surface area contributed by atoms with Gasteiger partial charge in [-0.15, -0.1) is 0 Å². The highest BCUT2D eigenvalue weighted by molar-refractivity contribution is 5.31. The number of hydrogen-bond donors (Lipinski definition) is 3. The smallest absolute Gasteiger partial charge is 0.108 e. The summed E-state index contributed by atoms with van der Waals surface area (Å²) in [5.74, 6) is 0. The van der Waals surface area contributed by atoms with Crippen LogP contribution < -0.4 is 0 Å². The zero-order chi connectivity index (χ0) is 18.8. The monoisotopic (exact) mass is 359 g/mol. The van der Waals surface area contributed by atoms with E-state index in [1.807, 2.05) is 54.3 Å². The highest BCUT2D eigenvalue weighted by Gasteiger charge is 2.18. The Hall–Kier alpha value is -1.76. The molecule has 0 aliphatic heterocycles. The summed E-state index contributed by atoms with van der Waals surface area (Å²) in [5.41, 5.74) is 3.26. The minimum Gasteiger partial charge on any atom is -0.395 e. The molecular weight excluding hydrogens is 330 g/mol. The molecule has 0 saturated heterocycles. The van der Waals surface area contributed by atoms with Gasteiger partial charge in [0.15, 0.2) is 0 Å². The van der Waals surface area contributed by atoms with Crippen molar-refractivity contribution < 1.29 is 20.1 Å². The Balaban J connectivity index is 2.04. The van der Waals surface area contributed by atoms with Crippen molar-refractivity contribution in [2.75, 3.05) is 39.5 Å². The lowest BCUT2D eigenvalue weighted by Crippen LogP contribution is -2.38. The first-order valence-corrected chi connectivity index (χ1v) is 8.99. The molecule has 0 fully saturated rings. The largest absolute Gasteiger partial charge is 0.395 e. The molecule has 0 amide bonds. The summed E-state index contributed by atoms with van der Waals surface area (Å²) in [4.78, 5) is 1.82. The van der Waals surface area contributed by atoms with Crippen LogP contribution in [0.4, 0.5) is 0 Å². The first-order valence-electron chi connectivity index (χ1n) is 8.99. The summed E-state index contributed by atoms with van der Waals surface area (Å²) in [6.45, 7) is 3.36. The summed E-state index contributed by atoms with van der Waals surface area (Å²) in [7, 11) is 0. The van der Waals surface area contributed by atoms with Crippen LogP contribution in [0.1, 0.15) is 22.8 Å². The summed E-state index contributed by atoms with van der Waals surface area (Å²) in [6.07, 6.45) is -0.958. The van der Waals surface area contributed by atoms with Crippen molar-refractivity contribution in [2.45, 2.75) is 19.1 Å². The van der Waals surface area contributed by atoms with Gasteiger partial charge in [0, 0.05) is 19.6 Å². The van der Waals surface area contributed by atoms with E-state index in [1.54, 1.807) is 0 Å². The van der Waals surface area contributed by atoms with Gasteiger partial charge in [-0.2, -0.15) is 0 Å². The van der Waals surface area contributed by atoms with Crippen molar-refractivity contribution in [3.05, 3.63) is 71.3 Å². The van der Waals surface area contributed by atoms with Crippen LogP contribution in [0.3, 0.4) is 0 Å². The highest BCUT2D eigenvalue weighted by atomic mass is 16.5. The van der Waals surface area contributed by atoms with Crippen molar-refractivity contribution >= 4 is 0 Å². The number of hydrogen-bond acceptors (Lipinski definition) is 5. The Labute approximate surface area is 155 Å². The van der Waals surface area contributed by atoms with Gasteiger partial charge in [-0.05, 0) is 18.1 Å². The number of benzene rings is 2. The number of aliphatic hydroxyl groups excluding tert-OH is 3. The van der Waals surface area contributed by atoms with E-state index in [0.717, 1.165) is 11.1 Å². The molecule has 0 radical (unpaired) electrons. The zero-order valence-electron chi connectivity index (χ0n) is 15.3. The van der Waals surface area contributed by atoms with Crippen LogP contribution >= 0.6 is 0 Å². The molecule has 0 saturated carbocycles. The molecule has 5 heteroatoms. The third kappa shape index (κ3) is 6.52. The predicted molar refractivity (Wildman–Crippen MR) is 102 cm³/mol. The summed E-state index contributed by atoms with van der Waals surface area (Å²) < 4.78 is 6.07. The molecule has 0 aromatic heterocycles. The van der Waals surface area contributed by atoms with Gasteiger partial charge in [-0.3, -0.25) is 4.90 Å². The lowest BCUT2D eigenvalue weighted by molar-refractivity contribution is -0.0117. The zero-order valence-corrected chi connectivity index (χ0v) is 15.3. The van der Waals surface area contributed by atoms with Gasteiger partial charge >= 0.3 is 0 Å². The van der Waals surface area contributed by atoms with Crippen LogP contribution in [0.5, 0.6) is 0 Å².